The summed E-state index contributed by atoms with van der Waals surface area (Å²) in [5, 5.41) is 13.4. The van der Waals surface area contributed by atoms with Gasteiger partial charge in [0, 0.05) is 23.5 Å². The van der Waals surface area contributed by atoms with Crippen LogP contribution in [-0.2, 0) is 14.8 Å². The average Bonchev–Trinajstić information content (AvgIpc) is 2.73. The van der Waals surface area contributed by atoms with E-state index in [2.05, 4.69) is 10.0 Å². The Morgan fingerprint density at radius 3 is 2.06 bits per heavy atom. The predicted molar refractivity (Wildman–Crippen MR) is 125 cm³/mol. The van der Waals surface area contributed by atoms with Crippen LogP contribution in [-0.4, -0.2) is 25.4 Å². The fourth-order valence-electron chi connectivity index (χ4n) is 3.11. The van der Waals surface area contributed by atoms with Gasteiger partial charge in [-0.1, -0.05) is 6.07 Å². The summed E-state index contributed by atoms with van der Waals surface area (Å²) in [5.74, 6) is -0.153. The van der Waals surface area contributed by atoms with E-state index in [0.717, 1.165) is 11.1 Å². The van der Waals surface area contributed by atoms with Gasteiger partial charge in [0.05, 0.1) is 9.82 Å². The molecule has 0 fully saturated rings. The van der Waals surface area contributed by atoms with Crippen LogP contribution in [0.1, 0.15) is 18.1 Å². The van der Waals surface area contributed by atoms with Crippen LogP contribution in [0.2, 0.25) is 0 Å². The van der Waals surface area contributed by atoms with Gasteiger partial charge in [0.25, 0.3) is 21.6 Å². The number of nitrogens with one attached hydrogen (secondary N) is 2. The third-order valence-electron chi connectivity index (χ3n) is 4.64. The highest BCUT2D eigenvalue weighted by atomic mass is 32.2. The Morgan fingerprint density at radius 2 is 1.52 bits per heavy atom. The summed E-state index contributed by atoms with van der Waals surface area (Å²) in [5.41, 5.74) is 2.67. The Balaban J connectivity index is 1.63. The molecule has 0 radical (unpaired) electrons. The third kappa shape index (κ3) is 6.30. The zero-order valence-corrected chi connectivity index (χ0v) is 19.0. The number of ether oxygens (including phenoxy) is 1. The summed E-state index contributed by atoms with van der Waals surface area (Å²) < 4.78 is 33.4. The minimum absolute atomic E-state index is 0.0508. The van der Waals surface area contributed by atoms with E-state index in [-0.39, 0.29) is 10.6 Å². The number of nitrogens with zero attached hydrogens (tertiary/aromatic N) is 1. The maximum atomic E-state index is 12.7. The molecule has 3 aromatic carbocycles. The number of non-ortho nitro benzene ring substituents is 1. The van der Waals surface area contributed by atoms with E-state index in [0.29, 0.717) is 17.1 Å². The molecule has 9 nitrogen and oxygen atoms in total. The highest BCUT2D eigenvalue weighted by molar-refractivity contribution is 7.92. The first-order valence-corrected chi connectivity index (χ1v) is 11.4. The van der Waals surface area contributed by atoms with Crippen LogP contribution in [0.3, 0.4) is 0 Å². The lowest BCUT2D eigenvalue weighted by atomic mass is 10.1. The lowest BCUT2D eigenvalue weighted by molar-refractivity contribution is -0.384. The van der Waals surface area contributed by atoms with Crippen molar-refractivity contribution in [3.05, 3.63) is 88.0 Å². The smallest absolute Gasteiger partial charge is 0.269 e. The molecule has 3 aromatic rings. The Bertz CT molecular complexity index is 1250. The zero-order valence-electron chi connectivity index (χ0n) is 18.2. The molecular formula is C23H23N3O6S. The molecule has 33 heavy (non-hydrogen) atoms. The molecule has 1 atom stereocenters. The van der Waals surface area contributed by atoms with Crippen molar-refractivity contribution in [2.45, 2.75) is 31.8 Å². The highest BCUT2D eigenvalue weighted by Crippen LogP contribution is 2.21. The molecule has 0 heterocycles. The average molecular weight is 470 g/mol. The number of aryl methyl sites for hydroxylation is 2. The molecule has 0 aromatic heterocycles. The molecule has 0 aliphatic rings. The van der Waals surface area contributed by atoms with Crippen molar-refractivity contribution in [1.29, 1.82) is 0 Å². The van der Waals surface area contributed by atoms with E-state index in [9.17, 15) is 23.3 Å². The lowest BCUT2D eigenvalue weighted by Crippen LogP contribution is -2.30. The normalized spacial score (nSPS) is 12.0. The molecule has 2 N–H and O–H groups in total. The van der Waals surface area contributed by atoms with E-state index in [1.807, 2.05) is 19.9 Å². The second kappa shape index (κ2) is 9.70. The molecule has 0 saturated heterocycles. The number of hydrogen-bond acceptors (Lipinski definition) is 6. The van der Waals surface area contributed by atoms with Crippen LogP contribution in [0, 0.1) is 24.0 Å². The van der Waals surface area contributed by atoms with Crippen LogP contribution < -0.4 is 14.8 Å². The van der Waals surface area contributed by atoms with Gasteiger partial charge in [0.2, 0.25) is 0 Å². The summed E-state index contributed by atoms with van der Waals surface area (Å²) in [4.78, 5) is 22.6. The maximum Gasteiger partial charge on any atom is 0.269 e. The number of anilines is 2. The first-order valence-electron chi connectivity index (χ1n) is 9.97. The first-order chi connectivity index (χ1) is 15.5. The number of amides is 1. The van der Waals surface area contributed by atoms with Crippen LogP contribution >= 0.6 is 0 Å². The summed E-state index contributed by atoms with van der Waals surface area (Å²) in [6.07, 6.45) is -0.888. The molecule has 0 aliphatic carbocycles. The Kier molecular flexibility index (Phi) is 6.98. The van der Waals surface area contributed by atoms with E-state index in [4.69, 9.17) is 4.74 Å². The van der Waals surface area contributed by atoms with Crippen molar-refractivity contribution in [3.8, 4) is 5.75 Å². The van der Waals surface area contributed by atoms with Gasteiger partial charge in [-0.05, 0) is 80.4 Å². The Labute approximate surface area is 191 Å². The quantitative estimate of drug-likeness (QED) is 0.371. The van der Waals surface area contributed by atoms with Crippen molar-refractivity contribution >= 4 is 33.0 Å². The van der Waals surface area contributed by atoms with E-state index < -0.39 is 27.0 Å². The summed E-state index contributed by atoms with van der Waals surface area (Å²) in [6, 6.07) is 16.5. The van der Waals surface area contributed by atoms with Crippen LogP contribution in [0.15, 0.2) is 71.6 Å². The van der Waals surface area contributed by atoms with Crippen molar-refractivity contribution < 1.29 is 22.9 Å². The number of nitro benzene ring substituents is 1. The van der Waals surface area contributed by atoms with Gasteiger partial charge in [-0.3, -0.25) is 19.6 Å². The minimum atomic E-state index is -3.79. The molecule has 3 rings (SSSR count). The molecule has 1 amide bonds. The standard InChI is InChI=1S/C23H23N3O6S/c1-15-12-16(2)14-19(13-15)25-33(30,31)22-10-4-18(5-11-22)24-23(27)17(3)32-21-8-6-20(7-9-21)26(28)29/h4-14,17,25H,1-3H3,(H,24,27)/t17-/m1/s1. The SMILES string of the molecule is Cc1cc(C)cc(NS(=O)(=O)c2ccc(NC(=O)[C@@H](C)Oc3ccc([N+](=O)[O-])cc3)cc2)c1. The summed E-state index contributed by atoms with van der Waals surface area (Å²) in [7, 11) is -3.79. The van der Waals surface area contributed by atoms with Gasteiger partial charge in [0.1, 0.15) is 5.75 Å². The number of rotatable bonds is 8. The molecule has 10 heteroatoms. The molecule has 172 valence electrons. The van der Waals surface area contributed by atoms with Crippen LogP contribution in [0.25, 0.3) is 0 Å². The van der Waals surface area contributed by atoms with Crippen molar-refractivity contribution in [2.24, 2.45) is 0 Å². The van der Waals surface area contributed by atoms with Crippen molar-refractivity contribution in [3.63, 3.8) is 0 Å². The largest absolute Gasteiger partial charge is 0.481 e. The van der Waals surface area contributed by atoms with E-state index in [1.54, 1.807) is 12.1 Å². The highest BCUT2D eigenvalue weighted by Gasteiger charge is 2.18. The van der Waals surface area contributed by atoms with Crippen LogP contribution in [0.5, 0.6) is 5.75 Å². The second-order valence-electron chi connectivity index (χ2n) is 7.51. The Hall–Kier alpha value is -3.92. The van der Waals surface area contributed by atoms with Gasteiger partial charge in [-0.15, -0.1) is 0 Å². The van der Waals surface area contributed by atoms with E-state index in [1.165, 1.54) is 55.5 Å². The van der Waals surface area contributed by atoms with Gasteiger partial charge < -0.3 is 10.1 Å². The van der Waals surface area contributed by atoms with Crippen molar-refractivity contribution in [1.82, 2.24) is 0 Å². The van der Waals surface area contributed by atoms with Crippen LogP contribution in [0.4, 0.5) is 17.1 Å². The van der Waals surface area contributed by atoms with Gasteiger partial charge in [-0.2, -0.15) is 0 Å². The number of hydrogen-bond donors (Lipinski definition) is 2. The minimum Gasteiger partial charge on any atom is -0.481 e. The summed E-state index contributed by atoms with van der Waals surface area (Å²) >= 11 is 0. The number of sulfonamides is 1. The molecule has 0 saturated carbocycles. The number of carbonyl (C=O) groups is 1. The fourth-order valence-corrected chi connectivity index (χ4v) is 4.15. The maximum absolute atomic E-state index is 12.7. The lowest BCUT2D eigenvalue weighted by Gasteiger charge is -2.15. The van der Waals surface area contributed by atoms with E-state index >= 15 is 0 Å². The number of benzene rings is 3. The number of nitro groups is 1. The second-order valence-corrected chi connectivity index (χ2v) is 9.19. The fraction of sp³-hybridized carbons (Fsp3) is 0.174. The molecule has 0 bridgehead atoms. The summed E-state index contributed by atoms with van der Waals surface area (Å²) in [6.45, 7) is 5.30. The van der Waals surface area contributed by atoms with Gasteiger partial charge >= 0.3 is 0 Å². The molecule has 0 unspecified atom stereocenters. The first kappa shape index (κ1) is 23.7. The van der Waals surface area contributed by atoms with Gasteiger partial charge in [-0.25, -0.2) is 8.42 Å². The van der Waals surface area contributed by atoms with Gasteiger partial charge in [0.15, 0.2) is 6.10 Å². The zero-order chi connectivity index (χ0) is 24.2. The molecule has 0 aliphatic heterocycles. The number of carbonyl (C=O) groups excluding carboxylic acids is 1. The monoisotopic (exact) mass is 469 g/mol. The topological polar surface area (TPSA) is 128 Å². The third-order valence-corrected chi connectivity index (χ3v) is 6.03. The predicted octanol–water partition coefficient (Wildman–Crippen LogP) is 4.42. The molecule has 0 spiro atoms. The Morgan fingerprint density at radius 1 is 0.939 bits per heavy atom. The van der Waals surface area contributed by atoms with Crippen molar-refractivity contribution in [2.75, 3.05) is 10.0 Å². The molecular weight excluding hydrogens is 446 g/mol.